The van der Waals surface area contributed by atoms with Crippen LogP contribution in [-0.4, -0.2) is 35.7 Å². The van der Waals surface area contributed by atoms with Crippen molar-refractivity contribution in [2.45, 2.75) is 32.3 Å². The van der Waals surface area contributed by atoms with E-state index in [0.29, 0.717) is 17.2 Å². The Bertz CT molecular complexity index is 778. The number of nitrogens with zero attached hydrogens (tertiary/aromatic N) is 1. The average Bonchev–Trinajstić information content (AvgIpc) is 2.65. The molecule has 0 spiro atoms. The molecule has 3 rings (SSSR count). The van der Waals surface area contributed by atoms with E-state index in [1.807, 2.05) is 37.3 Å². The highest BCUT2D eigenvalue weighted by molar-refractivity contribution is 6.30. The monoisotopic (exact) mass is 373 g/mol. The molecule has 0 radical (unpaired) electrons. The van der Waals surface area contributed by atoms with Gasteiger partial charge in [0.05, 0.1) is 0 Å². The summed E-state index contributed by atoms with van der Waals surface area (Å²) >= 11 is 5.88. The third kappa shape index (κ3) is 3.65. The van der Waals surface area contributed by atoms with E-state index >= 15 is 0 Å². The van der Waals surface area contributed by atoms with E-state index < -0.39 is 18.4 Å². The first-order chi connectivity index (χ1) is 12.5. The largest absolute Gasteiger partial charge is 0.353 e. The van der Waals surface area contributed by atoms with Crippen molar-refractivity contribution in [1.29, 1.82) is 0 Å². The number of likely N-dealkylation sites (tertiary alicyclic amines) is 1. The maximum atomic E-state index is 12.9. The molecule has 6 heteroatoms. The van der Waals surface area contributed by atoms with Gasteiger partial charge in [-0.3, -0.25) is 14.5 Å². The molecule has 1 unspecified atom stereocenters. The number of amides is 2. The highest BCUT2D eigenvalue weighted by Gasteiger charge is 2.53. The van der Waals surface area contributed by atoms with Gasteiger partial charge in [-0.2, -0.15) is 0 Å². The summed E-state index contributed by atoms with van der Waals surface area (Å²) in [7, 11) is 0. The summed E-state index contributed by atoms with van der Waals surface area (Å²) in [6, 6.07) is 15.3. The van der Waals surface area contributed by atoms with Gasteiger partial charge in [-0.05, 0) is 43.7 Å². The van der Waals surface area contributed by atoms with E-state index in [9.17, 15) is 9.59 Å². The Labute approximate surface area is 157 Å². The molecule has 0 N–H and O–H groups in total. The molecule has 5 nitrogen and oxygen atoms in total. The lowest BCUT2D eigenvalue weighted by Crippen LogP contribution is -2.62. The van der Waals surface area contributed by atoms with Gasteiger partial charge in [-0.1, -0.05) is 41.9 Å². The highest BCUT2D eigenvalue weighted by atomic mass is 35.5. The number of benzene rings is 2. The van der Waals surface area contributed by atoms with Crippen LogP contribution in [0.2, 0.25) is 5.02 Å². The number of carbonyl (C=O) groups is 2. The SMILES string of the molecule is CCOC(C)O[C@H]1C(=O)N(C(=O)c2ccc(Cl)cc2)[C@H]1c1ccccc1. The summed E-state index contributed by atoms with van der Waals surface area (Å²) in [6.45, 7) is 4.07. The van der Waals surface area contributed by atoms with Gasteiger partial charge < -0.3 is 9.47 Å². The Morgan fingerprint density at radius 3 is 2.42 bits per heavy atom. The third-order valence-electron chi connectivity index (χ3n) is 4.24. The van der Waals surface area contributed by atoms with Crippen molar-refractivity contribution in [2.75, 3.05) is 6.61 Å². The average molecular weight is 374 g/mol. The van der Waals surface area contributed by atoms with Crippen molar-refractivity contribution >= 4 is 23.4 Å². The first-order valence-electron chi connectivity index (χ1n) is 8.48. The summed E-state index contributed by atoms with van der Waals surface area (Å²) in [5.41, 5.74) is 1.24. The van der Waals surface area contributed by atoms with Crippen LogP contribution in [0.3, 0.4) is 0 Å². The molecule has 0 aliphatic carbocycles. The van der Waals surface area contributed by atoms with Crippen molar-refractivity contribution in [3.8, 4) is 0 Å². The van der Waals surface area contributed by atoms with Gasteiger partial charge in [0.15, 0.2) is 12.4 Å². The molecule has 1 aliphatic heterocycles. The first-order valence-corrected chi connectivity index (χ1v) is 8.85. The lowest BCUT2D eigenvalue weighted by atomic mass is 9.89. The zero-order valence-electron chi connectivity index (χ0n) is 14.6. The Balaban J connectivity index is 1.87. The predicted octanol–water partition coefficient (Wildman–Crippen LogP) is 3.83. The van der Waals surface area contributed by atoms with Crippen LogP contribution in [-0.2, 0) is 14.3 Å². The lowest BCUT2D eigenvalue weighted by molar-refractivity contribution is -0.209. The second-order valence-electron chi connectivity index (χ2n) is 5.96. The van der Waals surface area contributed by atoms with Gasteiger partial charge in [0.25, 0.3) is 11.8 Å². The molecule has 0 bridgehead atoms. The molecule has 26 heavy (non-hydrogen) atoms. The van der Waals surface area contributed by atoms with Crippen LogP contribution in [0, 0.1) is 0 Å². The molecule has 2 aromatic carbocycles. The number of carbonyl (C=O) groups excluding carboxylic acids is 2. The minimum absolute atomic E-state index is 0.370. The maximum Gasteiger partial charge on any atom is 0.261 e. The second-order valence-corrected chi connectivity index (χ2v) is 6.39. The molecule has 2 aromatic rings. The van der Waals surface area contributed by atoms with E-state index in [1.54, 1.807) is 31.2 Å². The first kappa shape index (κ1) is 18.6. The number of rotatable bonds is 6. The molecular weight excluding hydrogens is 354 g/mol. The summed E-state index contributed by atoms with van der Waals surface area (Å²) in [6.07, 6.45) is -1.29. The molecule has 1 heterocycles. The van der Waals surface area contributed by atoms with Crippen molar-refractivity contribution in [3.63, 3.8) is 0 Å². The lowest BCUT2D eigenvalue weighted by Gasteiger charge is -2.46. The third-order valence-corrected chi connectivity index (χ3v) is 4.49. The van der Waals surface area contributed by atoms with Crippen molar-refractivity contribution in [2.24, 2.45) is 0 Å². The predicted molar refractivity (Wildman–Crippen MR) is 97.8 cm³/mol. The Hall–Kier alpha value is -2.21. The number of hydrogen-bond acceptors (Lipinski definition) is 4. The van der Waals surface area contributed by atoms with Gasteiger partial charge in [0.1, 0.15) is 6.04 Å². The molecule has 2 amide bonds. The number of imide groups is 1. The van der Waals surface area contributed by atoms with Gasteiger partial charge >= 0.3 is 0 Å². The van der Waals surface area contributed by atoms with Crippen LogP contribution >= 0.6 is 11.6 Å². The van der Waals surface area contributed by atoms with Crippen LogP contribution in [0.1, 0.15) is 35.8 Å². The fourth-order valence-corrected chi connectivity index (χ4v) is 3.13. The zero-order valence-corrected chi connectivity index (χ0v) is 15.3. The fraction of sp³-hybridized carbons (Fsp3) is 0.300. The van der Waals surface area contributed by atoms with Gasteiger partial charge in [0.2, 0.25) is 0 Å². The van der Waals surface area contributed by atoms with Crippen LogP contribution in [0.5, 0.6) is 0 Å². The minimum Gasteiger partial charge on any atom is -0.353 e. The summed E-state index contributed by atoms with van der Waals surface area (Å²) in [4.78, 5) is 26.8. The fourth-order valence-electron chi connectivity index (χ4n) is 3.01. The van der Waals surface area contributed by atoms with E-state index in [1.165, 1.54) is 4.90 Å². The maximum absolute atomic E-state index is 12.9. The highest BCUT2D eigenvalue weighted by Crippen LogP contribution is 2.39. The molecule has 1 aliphatic rings. The van der Waals surface area contributed by atoms with Crippen LogP contribution < -0.4 is 0 Å². The van der Waals surface area contributed by atoms with E-state index in [2.05, 4.69) is 0 Å². The molecule has 1 saturated heterocycles. The quantitative estimate of drug-likeness (QED) is 0.438. The molecule has 0 saturated carbocycles. The van der Waals surface area contributed by atoms with Gasteiger partial charge in [-0.15, -0.1) is 0 Å². The molecular formula is C20H20ClNO4. The van der Waals surface area contributed by atoms with Gasteiger partial charge in [-0.25, -0.2) is 0 Å². The Kier molecular flexibility index (Phi) is 5.71. The van der Waals surface area contributed by atoms with Crippen molar-refractivity contribution in [3.05, 3.63) is 70.7 Å². The summed E-state index contributed by atoms with van der Waals surface area (Å²) in [5.74, 6) is -0.741. The van der Waals surface area contributed by atoms with E-state index in [4.69, 9.17) is 21.1 Å². The van der Waals surface area contributed by atoms with Crippen LogP contribution in [0.4, 0.5) is 0 Å². The topological polar surface area (TPSA) is 55.8 Å². The molecule has 3 atom stereocenters. The minimum atomic E-state index is -0.754. The van der Waals surface area contributed by atoms with Gasteiger partial charge in [0, 0.05) is 17.2 Å². The van der Waals surface area contributed by atoms with Crippen LogP contribution in [0.25, 0.3) is 0 Å². The molecule has 136 valence electrons. The van der Waals surface area contributed by atoms with Crippen LogP contribution in [0.15, 0.2) is 54.6 Å². The smallest absolute Gasteiger partial charge is 0.261 e. The number of ether oxygens (including phenoxy) is 2. The number of halogens is 1. The Morgan fingerprint density at radius 1 is 1.15 bits per heavy atom. The number of hydrogen-bond donors (Lipinski definition) is 0. The molecule has 0 aromatic heterocycles. The summed E-state index contributed by atoms with van der Waals surface area (Å²) < 4.78 is 11.1. The van der Waals surface area contributed by atoms with E-state index in [-0.39, 0.29) is 11.8 Å². The molecule has 1 fully saturated rings. The summed E-state index contributed by atoms with van der Waals surface area (Å²) in [5, 5.41) is 0.530. The zero-order chi connectivity index (χ0) is 18.7. The van der Waals surface area contributed by atoms with Crippen molar-refractivity contribution < 1.29 is 19.1 Å². The normalized spacial score (nSPS) is 20.6. The van der Waals surface area contributed by atoms with Crippen molar-refractivity contribution in [1.82, 2.24) is 4.90 Å². The second kappa shape index (κ2) is 7.99. The standard InChI is InChI=1S/C20H20ClNO4/c1-3-25-13(2)26-18-17(14-7-5-4-6-8-14)22(20(18)24)19(23)15-9-11-16(21)12-10-15/h4-13,17-18H,3H2,1-2H3/t13?,17-,18+/m0/s1. The number of β-lactam (4-membered cyclic amide) rings is 1. The van der Waals surface area contributed by atoms with E-state index in [0.717, 1.165) is 5.56 Å². The Morgan fingerprint density at radius 2 is 1.81 bits per heavy atom.